The molecule has 1 saturated carbocycles. The van der Waals surface area contributed by atoms with Crippen LogP contribution in [0.15, 0.2) is 48.5 Å². The first-order valence-corrected chi connectivity index (χ1v) is 10.5. The van der Waals surface area contributed by atoms with E-state index in [4.69, 9.17) is 12.2 Å². The lowest BCUT2D eigenvalue weighted by Gasteiger charge is -2.23. The van der Waals surface area contributed by atoms with Gasteiger partial charge in [-0.25, -0.2) is 0 Å². The van der Waals surface area contributed by atoms with Gasteiger partial charge in [0.1, 0.15) is 0 Å². The molecule has 0 bridgehead atoms. The summed E-state index contributed by atoms with van der Waals surface area (Å²) in [5.74, 6) is -0.853. The zero-order chi connectivity index (χ0) is 19.5. The zero-order valence-electron chi connectivity index (χ0n) is 15.9. The number of fused-ring (bicyclic) bond motifs is 1. The third-order valence-electron chi connectivity index (χ3n) is 6.00. The van der Waals surface area contributed by atoms with Gasteiger partial charge in [0.05, 0.1) is 23.5 Å². The molecular weight excluding hydrogens is 368 g/mol. The minimum absolute atomic E-state index is 0.244. The standard InChI is InChI=1S/C23H26N2O2S/c26-22(27)21(17-7-3-1-2-4-8-17)18-13-11-16(12-14-18)15-25-20-10-6-5-9-19(20)24-23(25)28/h5-6,9-14,17,21H,1-4,7-8,15H2,(H,24,28)(H,26,27). The summed E-state index contributed by atoms with van der Waals surface area (Å²) in [5, 5.41) is 9.88. The van der Waals surface area contributed by atoms with Crippen molar-refractivity contribution in [2.75, 3.05) is 0 Å². The molecule has 0 saturated heterocycles. The van der Waals surface area contributed by atoms with Gasteiger partial charge in [-0.1, -0.05) is 62.1 Å². The van der Waals surface area contributed by atoms with Crippen LogP contribution in [-0.4, -0.2) is 20.6 Å². The van der Waals surface area contributed by atoms with Gasteiger partial charge >= 0.3 is 5.97 Å². The first-order chi connectivity index (χ1) is 13.6. The molecule has 1 atom stereocenters. The van der Waals surface area contributed by atoms with Crippen LogP contribution in [0.5, 0.6) is 0 Å². The SMILES string of the molecule is O=C(O)C(c1ccc(Cn2c(=S)[nH]c3ccccc32)cc1)C1CCCCCC1. The van der Waals surface area contributed by atoms with Gasteiger partial charge in [-0.05, 0) is 54.2 Å². The van der Waals surface area contributed by atoms with Gasteiger partial charge < -0.3 is 14.7 Å². The first kappa shape index (κ1) is 18.9. The van der Waals surface area contributed by atoms with Crippen molar-refractivity contribution in [3.63, 3.8) is 0 Å². The van der Waals surface area contributed by atoms with E-state index < -0.39 is 11.9 Å². The summed E-state index contributed by atoms with van der Waals surface area (Å²) in [6.07, 6.45) is 6.78. The molecule has 0 amide bonds. The number of hydrogen-bond acceptors (Lipinski definition) is 2. The van der Waals surface area contributed by atoms with E-state index in [0.29, 0.717) is 11.3 Å². The summed E-state index contributed by atoms with van der Waals surface area (Å²) in [6, 6.07) is 16.2. The quantitative estimate of drug-likeness (QED) is 0.419. The van der Waals surface area contributed by atoms with E-state index in [0.717, 1.165) is 47.8 Å². The fraction of sp³-hybridized carbons (Fsp3) is 0.391. The van der Waals surface area contributed by atoms with Crippen molar-refractivity contribution in [1.29, 1.82) is 0 Å². The van der Waals surface area contributed by atoms with Crippen LogP contribution >= 0.6 is 12.2 Å². The Morgan fingerprint density at radius 2 is 1.75 bits per heavy atom. The normalized spacial score (nSPS) is 16.7. The van der Waals surface area contributed by atoms with E-state index in [2.05, 4.69) is 15.6 Å². The van der Waals surface area contributed by atoms with Gasteiger partial charge in [-0.15, -0.1) is 0 Å². The predicted octanol–water partition coefficient (Wildman–Crippen LogP) is 5.89. The van der Waals surface area contributed by atoms with Crippen LogP contribution < -0.4 is 0 Å². The van der Waals surface area contributed by atoms with E-state index in [-0.39, 0.29) is 5.92 Å². The number of carbonyl (C=O) groups is 1. The fourth-order valence-corrected chi connectivity index (χ4v) is 4.81. The highest BCUT2D eigenvalue weighted by Gasteiger charge is 2.30. The molecule has 0 aliphatic heterocycles. The maximum Gasteiger partial charge on any atom is 0.311 e. The third kappa shape index (κ3) is 3.90. The number of nitrogens with one attached hydrogen (secondary N) is 1. The van der Waals surface area contributed by atoms with Crippen molar-refractivity contribution in [3.05, 3.63) is 64.4 Å². The van der Waals surface area contributed by atoms with Gasteiger partial charge in [0, 0.05) is 0 Å². The first-order valence-electron chi connectivity index (χ1n) is 10.1. The highest BCUT2D eigenvalue weighted by Crippen LogP contribution is 2.35. The van der Waals surface area contributed by atoms with Gasteiger partial charge in [0.2, 0.25) is 0 Å². The van der Waals surface area contributed by atoms with Crippen LogP contribution in [0.25, 0.3) is 11.0 Å². The molecule has 1 fully saturated rings. The largest absolute Gasteiger partial charge is 0.481 e. The van der Waals surface area contributed by atoms with Crippen molar-refractivity contribution in [3.8, 4) is 0 Å². The molecular formula is C23H26N2O2S. The number of nitrogens with zero attached hydrogens (tertiary/aromatic N) is 1. The molecule has 4 rings (SSSR count). The van der Waals surface area contributed by atoms with Gasteiger partial charge in [-0.3, -0.25) is 4.79 Å². The minimum Gasteiger partial charge on any atom is -0.481 e. The Bertz CT molecular complexity index is 1010. The van der Waals surface area contributed by atoms with E-state index >= 15 is 0 Å². The third-order valence-corrected chi connectivity index (χ3v) is 6.32. The number of aromatic nitrogens is 2. The average Bonchev–Trinajstić information content (AvgIpc) is 2.85. The summed E-state index contributed by atoms with van der Waals surface area (Å²) >= 11 is 5.48. The maximum atomic E-state index is 12.0. The summed E-state index contributed by atoms with van der Waals surface area (Å²) in [7, 11) is 0. The molecule has 0 radical (unpaired) electrons. The summed E-state index contributed by atoms with van der Waals surface area (Å²) in [6.45, 7) is 0.671. The number of H-pyrrole nitrogens is 1. The molecule has 28 heavy (non-hydrogen) atoms. The number of imidazole rings is 1. The number of benzene rings is 2. The van der Waals surface area contributed by atoms with E-state index in [9.17, 15) is 9.90 Å². The van der Waals surface area contributed by atoms with Crippen LogP contribution in [0.3, 0.4) is 0 Å². The molecule has 5 heteroatoms. The smallest absolute Gasteiger partial charge is 0.311 e. The molecule has 4 nitrogen and oxygen atoms in total. The molecule has 1 unspecified atom stereocenters. The molecule has 2 N–H and O–H groups in total. The number of hydrogen-bond donors (Lipinski definition) is 2. The number of carboxylic acid groups (broad SMARTS) is 1. The summed E-state index contributed by atoms with van der Waals surface area (Å²) in [4.78, 5) is 15.3. The fourth-order valence-electron chi connectivity index (χ4n) is 4.54. The van der Waals surface area contributed by atoms with E-state index in [1.807, 2.05) is 42.5 Å². The molecule has 0 spiro atoms. The maximum absolute atomic E-state index is 12.0. The van der Waals surface area contributed by atoms with Crippen molar-refractivity contribution in [2.45, 2.75) is 51.0 Å². The molecule has 2 aromatic carbocycles. The summed E-state index contributed by atoms with van der Waals surface area (Å²) in [5.41, 5.74) is 4.15. The zero-order valence-corrected chi connectivity index (χ0v) is 16.8. The van der Waals surface area contributed by atoms with Gasteiger partial charge in [-0.2, -0.15) is 0 Å². The number of carboxylic acids is 1. The van der Waals surface area contributed by atoms with E-state index in [1.54, 1.807) is 0 Å². The van der Waals surface area contributed by atoms with Crippen molar-refractivity contribution in [2.24, 2.45) is 5.92 Å². The molecule has 1 aromatic heterocycles. The molecule has 1 heterocycles. The number of aromatic amines is 1. The monoisotopic (exact) mass is 394 g/mol. The number of rotatable bonds is 5. The number of aliphatic carboxylic acids is 1. The van der Waals surface area contributed by atoms with Crippen LogP contribution in [0, 0.1) is 10.7 Å². The molecule has 1 aliphatic rings. The predicted molar refractivity (Wildman–Crippen MR) is 114 cm³/mol. The Balaban J connectivity index is 1.58. The average molecular weight is 395 g/mol. The van der Waals surface area contributed by atoms with Crippen molar-refractivity contribution >= 4 is 29.2 Å². The van der Waals surface area contributed by atoms with Crippen LogP contribution in [0.1, 0.15) is 55.6 Å². The van der Waals surface area contributed by atoms with Crippen molar-refractivity contribution < 1.29 is 9.90 Å². The van der Waals surface area contributed by atoms with Gasteiger partial charge in [0.15, 0.2) is 4.77 Å². The number of para-hydroxylation sites is 2. The topological polar surface area (TPSA) is 58.0 Å². The minimum atomic E-state index is -0.696. The second kappa shape index (κ2) is 8.31. The molecule has 1 aliphatic carbocycles. The van der Waals surface area contributed by atoms with Crippen molar-refractivity contribution in [1.82, 2.24) is 9.55 Å². The Morgan fingerprint density at radius 3 is 2.43 bits per heavy atom. The molecule has 146 valence electrons. The lowest BCUT2D eigenvalue weighted by molar-refractivity contribution is -0.140. The second-order valence-electron chi connectivity index (χ2n) is 7.84. The highest BCUT2D eigenvalue weighted by atomic mass is 32.1. The Morgan fingerprint density at radius 1 is 1.07 bits per heavy atom. The van der Waals surface area contributed by atoms with Crippen LogP contribution in [-0.2, 0) is 11.3 Å². The Labute approximate surface area is 170 Å². The summed E-state index contributed by atoms with van der Waals surface area (Å²) < 4.78 is 2.78. The lowest BCUT2D eigenvalue weighted by atomic mass is 9.81. The van der Waals surface area contributed by atoms with Crippen LogP contribution in [0.2, 0.25) is 0 Å². The van der Waals surface area contributed by atoms with E-state index in [1.165, 1.54) is 12.8 Å². The lowest BCUT2D eigenvalue weighted by Crippen LogP contribution is -2.21. The Hall–Kier alpha value is -2.40. The van der Waals surface area contributed by atoms with Gasteiger partial charge in [0.25, 0.3) is 0 Å². The molecule has 3 aromatic rings. The highest BCUT2D eigenvalue weighted by molar-refractivity contribution is 7.71. The van der Waals surface area contributed by atoms with Crippen LogP contribution in [0.4, 0.5) is 0 Å². The Kier molecular flexibility index (Phi) is 5.62. The second-order valence-corrected chi connectivity index (χ2v) is 8.23.